The molecule has 0 aliphatic heterocycles. The normalized spacial score (nSPS) is 11.8. The van der Waals surface area contributed by atoms with Crippen molar-refractivity contribution in [2.45, 2.75) is 18.8 Å². The molecule has 0 atom stereocenters. The summed E-state index contributed by atoms with van der Waals surface area (Å²) in [4.78, 5) is 0. The monoisotopic (exact) mass is 267 g/mol. The zero-order valence-electron chi connectivity index (χ0n) is 9.06. The van der Waals surface area contributed by atoms with Gasteiger partial charge in [0.25, 0.3) is 0 Å². The average Bonchev–Trinajstić information content (AvgIpc) is 2.28. The number of alkyl halides is 4. The smallest absolute Gasteiger partial charge is 0.310 e. The summed E-state index contributed by atoms with van der Waals surface area (Å²) < 4.78 is 38.5. The summed E-state index contributed by atoms with van der Waals surface area (Å²) in [5, 5.41) is 2.85. The van der Waals surface area contributed by atoms with Crippen LogP contribution in [0.3, 0.4) is 0 Å². The molecule has 0 spiro atoms. The van der Waals surface area contributed by atoms with Gasteiger partial charge < -0.3 is 5.32 Å². The molecule has 0 amide bonds. The van der Waals surface area contributed by atoms with Crippen molar-refractivity contribution in [3.05, 3.63) is 35.4 Å². The van der Waals surface area contributed by atoms with Gasteiger partial charge >= 0.3 is 6.36 Å². The van der Waals surface area contributed by atoms with E-state index < -0.39 is 6.36 Å². The molecular weight excluding hydrogens is 255 g/mol. The maximum atomic E-state index is 11.6. The van der Waals surface area contributed by atoms with Crippen LogP contribution in [0, 0.1) is 0 Å². The van der Waals surface area contributed by atoms with Crippen LogP contribution in [0.4, 0.5) is 13.2 Å². The number of hydrogen-bond donors (Lipinski definition) is 1. The second-order valence-electron chi connectivity index (χ2n) is 3.42. The Hall–Kier alpha value is -0.780. The number of nitrogens with one attached hydrogen (secondary N) is 1. The lowest BCUT2D eigenvalue weighted by atomic mass is 10.1. The van der Waals surface area contributed by atoms with Gasteiger partial charge in [0.15, 0.2) is 0 Å². The van der Waals surface area contributed by atoms with Gasteiger partial charge in [-0.15, -0.1) is 24.8 Å². The average molecular weight is 268 g/mol. The number of ether oxygens (including phenoxy) is 1. The van der Waals surface area contributed by atoms with Gasteiger partial charge in [0.1, 0.15) is 0 Å². The topological polar surface area (TPSA) is 21.3 Å². The van der Waals surface area contributed by atoms with Crippen LogP contribution in [0.1, 0.15) is 11.1 Å². The van der Waals surface area contributed by atoms with E-state index in [9.17, 15) is 13.2 Å². The van der Waals surface area contributed by atoms with E-state index in [1.54, 1.807) is 0 Å². The van der Waals surface area contributed by atoms with Crippen LogP contribution in [-0.2, 0) is 17.2 Å². The van der Waals surface area contributed by atoms with E-state index in [0.717, 1.165) is 11.1 Å². The molecule has 0 unspecified atom stereocenters. The minimum Gasteiger partial charge on any atom is -0.310 e. The molecule has 2 nitrogen and oxygen atoms in total. The Balaban J connectivity index is 2.18. The first kappa shape index (κ1) is 14.3. The lowest BCUT2D eigenvalue weighted by Gasteiger charge is -2.08. The summed E-state index contributed by atoms with van der Waals surface area (Å²) >= 11 is 5.63. The Labute approximate surface area is 103 Å². The van der Waals surface area contributed by atoms with Crippen LogP contribution < -0.4 is 5.32 Å². The van der Waals surface area contributed by atoms with Gasteiger partial charge in [-0.2, -0.15) is 0 Å². The van der Waals surface area contributed by atoms with Crippen molar-refractivity contribution >= 4 is 11.6 Å². The van der Waals surface area contributed by atoms with Crippen LogP contribution in [-0.4, -0.2) is 19.5 Å². The van der Waals surface area contributed by atoms with Crippen molar-refractivity contribution in [3.63, 3.8) is 0 Å². The van der Waals surface area contributed by atoms with E-state index in [4.69, 9.17) is 11.6 Å². The number of hydrogen-bond acceptors (Lipinski definition) is 2. The molecule has 0 aliphatic rings. The lowest BCUT2D eigenvalue weighted by molar-refractivity contribution is -0.323. The molecule has 0 saturated heterocycles. The molecule has 0 saturated carbocycles. The van der Waals surface area contributed by atoms with Crippen molar-refractivity contribution in [2.75, 3.05) is 13.2 Å². The molecule has 0 heterocycles. The van der Waals surface area contributed by atoms with Crippen molar-refractivity contribution in [1.82, 2.24) is 5.32 Å². The van der Waals surface area contributed by atoms with Gasteiger partial charge in [0.05, 0.1) is 6.61 Å². The summed E-state index contributed by atoms with van der Waals surface area (Å²) in [5.74, 6) is 0.452. The molecule has 0 fully saturated rings. The Morgan fingerprint density at radius 2 is 1.71 bits per heavy atom. The summed E-state index contributed by atoms with van der Waals surface area (Å²) in [6.45, 7) is 0.268. The molecular formula is C11H13ClF3NO. The Kier molecular flexibility index (Phi) is 5.74. The Morgan fingerprint density at radius 3 is 2.24 bits per heavy atom. The molecule has 0 radical (unpaired) electrons. The first-order valence-corrected chi connectivity index (χ1v) is 5.60. The van der Waals surface area contributed by atoms with Crippen LogP contribution in [0.2, 0.25) is 0 Å². The Morgan fingerprint density at radius 1 is 1.12 bits per heavy atom. The lowest BCUT2D eigenvalue weighted by Crippen LogP contribution is -2.23. The summed E-state index contributed by atoms with van der Waals surface area (Å²) in [6.07, 6.45) is -4.55. The molecule has 96 valence electrons. The molecule has 6 heteroatoms. The summed E-state index contributed by atoms with van der Waals surface area (Å²) in [6, 6.07) is 7.54. The molecule has 0 aromatic heterocycles. The van der Waals surface area contributed by atoms with Crippen LogP contribution in [0.5, 0.6) is 0 Å². The minimum atomic E-state index is -4.55. The van der Waals surface area contributed by atoms with Crippen molar-refractivity contribution in [2.24, 2.45) is 0 Å². The molecule has 0 aliphatic carbocycles. The van der Waals surface area contributed by atoms with Gasteiger partial charge in [-0.25, -0.2) is 0 Å². The maximum absolute atomic E-state index is 11.6. The first-order chi connectivity index (χ1) is 8.01. The first-order valence-electron chi connectivity index (χ1n) is 5.06. The van der Waals surface area contributed by atoms with E-state index in [-0.39, 0.29) is 13.2 Å². The highest BCUT2D eigenvalue weighted by molar-refractivity contribution is 6.17. The fourth-order valence-corrected chi connectivity index (χ4v) is 1.40. The second kappa shape index (κ2) is 6.83. The molecule has 1 rings (SSSR count). The standard InChI is InChI=1S/C11H13ClF3NO/c12-7-9-1-3-10(4-2-9)8-16-5-6-17-11(13,14)15/h1-4,16H,5-8H2. The third-order valence-electron chi connectivity index (χ3n) is 2.05. The van der Waals surface area contributed by atoms with E-state index in [1.165, 1.54) is 0 Å². The molecule has 0 bridgehead atoms. The molecule has 17 heavy (non-hydrogen) atoms. The minimum absolute atomic E-state index is 0.150. The highest BCUT2D eigenvalue weighted by atomic mass is 35.5. The third kappa shape index (κ3) is 6.51. The predicted octanol–water partition coefficient (Wildman–Crippen LogP) is 3.05. The Bertz CT molecular complexity index is 326. The number of benzene rings is 1. The van der Waals surface area contributed by atoms with Crippen LogP contribution >= 0.6 is 11.6 Å². The van der Waals surface area contributed by atoms with E-state index >= 15 is 0 Å². The van der Waals surface area contributed by atoms with E-state index in [2.05, 4.69) is 10.1 Å². The fourth-order valence-electron chi connectivity index (χ4n) is 1.22. The van der Waals surface area contributed by atoms with Gasteiger partial charge in [-0.05, 0) is 11.1 Å². The summed E-state index contributed by atoms with van der Waals surface area (Å²) in [7, 11) is 0. The zero-order chi connectivity index (χ0) is 12.7. The number of halogens is 4. The van der Waals surface area contributed by atoms with Crippen molar-refractivity contribution in [3.8, 4) is 0 Å². The largest absolute Gasteiger partial charge is 0.522 e. The second-order valence-corrected chi connectivity index (χ2v) is 3.69. The highest BCUT2D eigenvalue weighted by Gasteiger charge is 2.28. The third-order valence-corrected chi connectivity index (χ3v) is 2.36. The quantitative estimate of drug-likeness (QED) is 0.632. The van der Waals surface area contributed by atoms with Crippen LogP contribution in [0.25, 0.3) is 0 Å². The SMILES string of the molecule is FC(F)(F)OCCNCc1ccc(CCl)cc1. The zero-order valence-corrected chi connectivity index (χ0v) is 9.81. The molecule has 1 aromatic rings. The van der Waals surface area contributed by atoms with E-state index in [0.29, 0.717) is 12.4 Å². The number of rotatable bonds is 6. The molecule has 1 aromatic carbocycles. The fraction of sp³-hybridized carbons (Fsp3) is 0.455. The van der Waals surface area contributed by atoms with Gasteiger partial charge in [-0.3, -0.25) is 4.74 Å². The van der Waals surface area contributed by atoms with Crippen molar-refractivity contribution < 1.29 is 17.9 Å². The summed E-state index contributed by atoms with van der Waals surface area (Å²) in [5.41, 5.74) is 2.00. The van der Waals surface area contributed by atoms with Gasteiger partial charge in [0, 0.05) is 19.0 Å². The van der Waals surface area contributed by atoms with E-state index in [1.807, 2.05) is 24.3 Å². The maximum Gasteiger partial charge on any atom is 0.522 e. The van der Waals surface area contributed by atoms with Crippen LogP contribution in [0.15, 0.2) is 24.3 Å². The molecule has 1 N–H and O–H groups in total. The van der Waals surface area contributed by atoms with Gasteiger partial charge in [-0.1, -0.05) is 24.3 Å². The van der Waals surface area contributed by atoms with Crippen molar-refractivity contribution in [1.29, 1.82) is 0 Å². The van der Waals surface area contributed by atoms with Gasteiger partial charge in [0.2, 0.25) is 0 Å². The highest BCUT2D eigenvalue weighted by Crippen LogP contribution is 2.15. The predicted molar refractivity (Wildman–Crippen MR) is 59.7 cm³/mol.